The third-order valence-corrected chi connectivity index (χ3v) is 3.28. The maximum Gasteiger partial charge on any atom is 0.126 e. The van der Waals surface area contributed by atoms with Gasteiger partial charge in [-0.1, -0.05) is 31.0 Å². The van der Waals surface area contributed by atoms with Crippen molar-refractivity contribution in [3.63, 3.8) is 0 Å². The first-order valence-electron chi connectivity index (χ1n) is 5.99. The van der Waals surface area contributed by atoms with Gasteiger partial charge in [0, 0.05) is 6.04 Å². The molecule has 2 nitrogen and oxygen atoms in total. The van der Waals surface area contributed by atoms with E-state index in [0.717, 1.165) is 17.9 Å². The summed E-state index contributed by atoms with van der Waals surface area (Å²) in [5, 5.41) is 0. The second-order valence-corrected chi connectivity index (χ2v) is 4.68. The van der Waals surface area contributed by atoms with Gasteiger partial charge >= 0.3 is 0 Å². The molecule has 2 rings (SSSR count). The van der Waals surface area contributed by atoms with Crippen LogP contribution in [0, 0.1) is 11.7 Å². The van der Waals surface area contributed by atoms with E-state index < -0.39 is 0 Å². The van der Waals surface area contributed by atoms with Gasteiger partial charge in [-0.05, 0) is 36.8 Å². The predicted molar refractivity (Wildman–Crippen MR) is 63.2 cm³/mol. The Morgan fingerprint density at radius 1 is 1.38 bits per heavy atom. The molecule has 0 spiro atoms. The lowest BCUT2D eigenvalue weighted by Gasteiger charge is -2.16. The number of hydrogen-bond donors (Lipinski definition) is 2. The van der Waals surface area contributed by atoms with Gasteiger partial charge in [-0.2, -0.15) is 0 Å². The highest BCUT2D eigenvalue weighted by Gasteiger charge is 2.22. The summed E-state index contributed by atoms with van der Waals surface area (Å²) in [6.07, 6.45) is 5.64. The van der Waals surface area contributed by atoms with Crippen LogP contribution in [0.15, 0.2) is 24.3 Å². The maximum absolute atomic E-state index is 13.4. The van der Waals surface area contributed by atoms with Crippen molar-refractivity contribution in [1.29, 1.82) is 0 Å². The van der Waals surface area contributed by atoms with E-state index >= 15 is 0 Å². The Balaban J connectivity index is 1.87. The van der Waals surface area contributed by atoms with Crippen molar-refractivity contribution in [2.75, 3.05) is 0 Å². The average molecular weight is 222 g/mol. The first kappa shape index (κ1) is 11.6. The molecule has 88 valence electrons. The van der Waals surface area contributed by atoms with Crippen LogP contribution in [-0.2, 0) is 6.42 Å². The topological polar surface area (TPSA) is 38.0 Å². The molecule has 1 aromatic carbocycles. The molecule has 1 saturated carbocycles. The monoisotopic (exact) mass is 222 g/mol. The van der Waals surface area contributed by atoms with E-state index in [1.807, 2.05) is 12.1 Å². The summed E-state index contributed by atoms with van der Waals surface area (Å²) in [5.74, 6) is 6.27. The van der Waals surface area contributed by atoms with Gasteiger partial charge in [0.1, 0.15) is 5.82 Å². The second-order valence-electron chi connectivity index (χ2n) is 4.68. The largest absolute Gasteiger partial charge is 0.271 e. The summed E-state index contributed by atoms with van der Waals surface area (Å²) < 4.78 is 13.4. The lowest BCUT2D eigenvalue weighted by Crippen LogP contribution is -2.37. The Bertz CT molecular complexity index is 336. The summed E-state index contributed by atoms with van der Waals surface area (Å²) in [4.78, 5) is 0. The molecule has 1 aliphatic rings. The number of benzene rings is 1. The molecule has 1 atom stereocenters. The number of halogens is 1. The Morgan fingerprint density at radius 3 is 2.75 bits per heavy atom. The number of hydrogen-bond acceptors (Lipinski definition) is 2. The van der Waals surface area contributed by atoms with Crippen molar-refractivity contribution < 1.29 is 4.39 Å². The van der Waals surface area contributed by atoms with Crippen LogP contribution >= 0.6 is 0 Å². The van der Waals surface area contributed by atoms with Crippen LogP contribution in [0.2, 0.25) is 0 Å². The molecule has 1 aliphatic carbocycles. The van der Waals surface area contributed by atoms with E-state index in [1.54, 1.807) is 6.07 Å². The molecule has 0 saturated heterocycles. The van der Waals surface area contributed by atoms with Gasteiger partial charge in [-0.25, -0.2) is 4.39 Å². The van der Waals surface area contributed by atoms with Crippen LogP contribution in [0.3, 0.4) is 0 Å². The molecule has 1 fully saturated rings. The highest BCUT2D eigenvalue weighted by Crippen LogP contribution is 2.34. The van der Waals surface area contributed by atoms with E-state index in [2.05, 4.69) is 5.43 Å². The molecule has 0 aliphatic heterocycles. The Morgan fingerprint density at radius 2 is 2.12 bits per heavy atom. The lowest BCUT2D eigenvalue weighted by molar-refractivity contribution is 0.454. The molecule has 0 amide bonds. The smallest absolute Gasteiger partial charge is 0.126 e. The molecule has 0 heterocycles. The number of hydrazine groups is 1. The number of nitrogens with two attached hydrogens (primary N) is 1. The zero-order valence-electron chi connectivity index (χ0n) is 9.45. The normalized spacial score (nSPS) is 17.4. The van der Waals surface area contributed by atoms with Crippen LogP contribution in [0.1, 0.15) is 31.2 Å². The van der Waals surface area contributed by atoms with E-state index in [1.165, 1.54) is 25.3 Å². The molecule has 1 unspecified atom stereocenters. The fourth-order valence-corrected chi connectivity index (χ4v) is 2.02. The van der Waals surface area contributed by atoms with Crippen LogP contribution in [-0.4, -0.2) is 6.04 Å². The van der Waals surface area contributed by atoms with Gasteiger partial charge in [0.15, 0.2) is 0 Å². The van der Waals surface area contributed by atoms with Crippen molar-refractivity contribution in [1.82, 2.24) is 5.43 Å². The Hall–Kier alpha value is -0.930. The minimum atomic E-state index is -0.130. The van der Waals surface area contributed by atoms with Gasteiger partial charge in [-0.3, -0.25) is 11.3 Å². The Labute approximate surface area is 96.0 Å². The highest BCUT2D eigenvalue weighted by atomic mass is 19.1. The first-order valence-corrected chi connectivity index (χ1v) is 5.99. The molecule has 0 bridgehead atoms. The number of nitrogens with one attached hydrogen (secondary N) is 1. The van der Waals surface area contributed by atoms with Gasteiger partial charge in [0.25, 0.3) is 0 Å². The summed E-state index contributed by atoms with van der Waals surface area (Å²) in [6.45, 7) is 0. The van der Waals surface area contributed by atoms with Gasteiger partial charge in [0.2, 0.25) is 0 Å². The summed E-state index contributed by atoms with van der Waals surface area (Å²) in [6, 6.07) is 7.11. The Kier molecular flexibility index (Phi) is 3.91. The van der Waals surface area contributed by atoms with Crippen molar-refractivity contribution in [3.8, 4) is 0 Å². The first-order chi connectivity index (χ1) is 7.79. The molecule has 0 radical (unpaired) electrons. The average Bonchev–Trinajstić information content (AvgIpc) is 3.10. The molecule has 0 aromatic heterocycles. The summed E-state index contributed by atoms with van der Waals surface area (Å²) >= 11 is 0. The quantitative estimate of drug-likeness (QED) is 0.573. The minimum absolute atomic E-state index is 0.130. The molecule has 3 N–H and O–H groups in total. The minimum Gasteiger partial charge on any atom is -0.271 e. The zero-order valence-corrected chi connectivity index (χ0v) is 9.45. The van der Waals surface area contributed by atoms with Gasteiger partial charge in [0.05, 0.1) is 0 Å². The summed E-state index contributed by atoms with van der Waals surface area (Å²) in [5.41, 5.74) is 3.55. The third-order valence-electron chi connectivity index (χ3n) is 3.28. The predicted octanol–water partition coefficient (Wildman–Crippen LogP) is 2.39. The highest BCUT2D eigenvalue weighted by molar-refractivity contribution is 5.18. The van der Waals surface area contributed by atoms with E-state index in [9.17, 15) is 4.39 Å². The molecular formula is C13H19FN2. The van der Waals surface area contributed by atoms with Crippen molar-refractivity contribution in [2.24, 2.45) is 11.8 Å². The standard InChI is InChI=1S/C13H19FN2/c14-13-4-2-1-3-11(13)9-12(16-15)8-7-10-5-6-10/h1-4,10,12,16H,5-9,15H2. The van der Waals surface area contributed by atoms with Gasteiger partial charge < -0.3 is 0 Å². The van der Waals surface area contributed by atoms with E-state index in [0.29, 0.717) is 6.42 Å². The van der Waals surface area contributed by atoms with Crippen LogP contribution in [0.4, 0.5) is 4.39 Å². The lowest BCUT2D eigenvalue weighted by atomic mass is 10.0. The molecule has 16 heavy (non-hydrogen) atoms. The van der Waals surface area contributed by atoms with Crippen LogP contribution in [0.25, 0.3) is 0 Å². The summed E-state index contributed by atoms with van der Waals surface area (Å²) in [7, 11) is 0. The molecule has 3 heteroatoms. The zero-order chi connectivity index (χ0) is 11.4. The van der Waals surface area contributed by atoms with Gasteiger partial charge in [-0.15, -0.1) is 0 Å². The fraction of sp³-hybridized carbons (Fsp3) is 0.538. The molecule has 1 aromatic rings. The van der Waals surface area contributed by atoms with Crippen molar-refractivity contribution in [2.45, 2.75) is 38.1 Å². The van der Waals surface area contributed by atoms with E-state index in [-0.39, 0.29) is 11.9 Å². The van der Waals surface area contributed by atoms with Crippen LogP contribution in [0.5, 0.6) is 0 Å². The van der Waals surface area contributed by atoms with Crippen LogP contribution < -0.4 is 11.3 Å². The fourth-order valence-electron chi connectivity index (χ4n) is 2.02. The number of rotatable bonds is 6. The van der Waals surface area contributed by atoms with Crippen molar-refractivity contribution in [3.05, 3.63) is 35.6 Å². The maximum atomic E-state index is 13.4. The SMILES string of the molecule is NNC(CCC1CC1)Cc1ccccc1F. The second kappa shape index (κ2) is 5.41. The van der Waals surface area contributed by atoms with Crippen molar-refractivity contribution >= 4 is 0 Å². The third kappa shape index (κ3) is 3.29. The van der Waals surface area contributed by atoms with E-state index in [4.69, 9.17) is 5.84 Å². The molecular weight excluding hydrogens is 203 g/mol.